The number of nitrogens with zero attached hydrogens (tertiary/aromatic N) is 5. The molecule has 2 aliphatic rings. The Morgan fingerprint density at radius 1 is 0.792 bits per heavy atom. The second-order valence-electron chi connectivity index (χ2n) is 7.22. The van der Waals surface area contributed by atoms with Crippen molar-refractivity contribution in [3.8, 4) is 5.69 Å². The Kier molecular flexibility index (Phi) is 4.76. The molecular weight excluding hydrogens is 298 g/mol. The van der Waals surface area contributed by atoms with Gasteiger partial charge < -0.3 is 4.90 Å². The maximum absolute atomic E-state index is 4.47. The molecule has 0 amide bonds. The highest BCUT2D eigenvalue weighted by atomic mass is 15.6. The molecule has 1 aromatic carbocycles. The molecule has 128 valence electrons. The molecule has 1 aromatic heterocycles. The molecule has 1 heterocycles. The third-order valence-corrected chi connectivity index (χ3v) is 5.62. The van der Waals surface area contributed by atoms with Crippen LogP contribution in [0.5, 0.6) is 0 Å². The third kappa shape index (κ3) is 3.17. The fraction of sp³-hybridized carbons (Fsp3) is 0.632. The first-order valence-electron chi connectivity index (χ1n) is 9.55. The molecule has 0 bridgehead atoms. The summed E-state index contributed by atoms with van der Waals surface area (Å²) >= 11 is 0. The van der Waals surface area contributed by atoms with Gasteiger partial charge in [0.05, 0.1) is 5.69 Å². The molecule has 0 aliphatic heterocycles. The van der Waals surface area contributed by atoms with Crippen molar-refractivity contribution in [2.24, 2.45) is 0 Å². The van der Waals surface area contributed by atoms with E-state index in [1.54, 1.807) is 0 Å². The highest BCUT2D eigenvalue weighted by molar-refractivity contribution is 5.42. The summed E-state index contributed by atoms with van der Waals surface area (Å²) in [5.41, 5.74) is 1.05. The van der Waals surface area contributed by atoms with Crippen molar-refractivity contribution in [2.75, 3.05) is 4.90 Å². The van der Waals surface area contributed by atoms with E-state index in [1.807, 2.05) is 22.9 Å². The standard InChI is InChI=1S/C19H27N5/c1-4-10-16(11-5-1)23(17-12-6-2-7-13-17)19-20-21-22-24(19)18-14-8-3-9-15-18/h3,8-9,14-17H,1-2,4-7,10-13H2. The molecular formula is C19H27N5. The minimum atomic E-state index is 0.593. The van der Waals surface area contributed by atoms with Gasteiger partial charge in [-0.2, -0.15) is 4.68 Å². The van der Waals surface area contributed by atoms with E-state index in [-0.39, 0.29) is 0 Å². The minimum Gasteiger partial charge on any atom is -0.333 e. The van der Waals surface area contributed by atoms with E-state index in [9.17, 15) is 0 Å². The van der Waals surface area contributed by atoms with Crippen LogP contribution in [-0.4, -0.2) is 32.3 Å². The predicted octanol–water partition coefficient (Wildman–Crippen LogP) is 4.13. The van der Waals surface area contributed by atoms with Crippen molar-refractivity contribution in [3.63, 3.8) is 0 Å². The summed E-state index contributed by atoms with van der Waals surface area (Å²) in [5, 5.41) is 12.8. The van der Waals surface area contributed by atoms with Crippen LogP contribution >= 0.6 is 0 Å². The Balaban J connectivity index is 1.69. The molecule has 5 heteroatoms. The normalized spacial score (nSPS) is 20.2. The summed E-state index contributed by atoms with van der Waals surface area (Å²) in [6.07, 6.45) is 13.2. The fourth-order valence-corrected chi connectivity index (χ4v) is 4.42. The SMILES string of the molecule is c1ccc(-n2nnnc2N(C2CCCCC2)C2CCCCC2)cc1. The van der Waals surface area contributed by atoms with Crippen molar-refractivity contribution >= 4 is 5.95 Å². The Morgan fingerprint density at radius 3 is 1.96 bits per heavy atom. The van der Waals surface area contributed by atoms with Gasteiger partial charge >= 0.3 is 0 Å². The van der Waals surface area contributed by atoms with Crippen LogP contribution in [0.4, 0.5) is 5.95 Å². The average Bonchev–Trinajstić information content (AvgIpc) is 3.14. The van der Waals surface area contributed by atoms with Crippen molar-refractivity contribution in [3.05, 3.63) is 30.3 Å². The highest BCUT2D eigenvalue weighted by Gasteiger charge is 2.32. The lowest BCUT2D eigenvalue weighted by molar-refractivity contribution is 0.334. The van der Waals surface area contributed by atoms with Gasteiger partial charge in [-0.05, 0) is 48.2 Å². The molecule has 5 nitrogen and oxygen atoms in total. The first-order valence-corrected chi connectivity index (χ1v) is 9.55. The number of hydrogen-bond acceptors (Lipinski definition) is 4. The van der Waals surface area contributed by atoms with Crippen LogP contribution in [0.2, 0.25) is 0 Å². The number of aromatic nitrogens is 4. The summed E-state index contributed by atoms with van der Waals surface area (Å²) in [7, 11) is 0. The largest absolute Gasteiger partial charge is 0.333 e. The molecule has 0 N–H and O–H groups in total. The van der Waals surface area contributed by atoms with E-state index in [0.29, 0.717) is 12.1 Å². The molecule has 2 fully saturated rings. The molecule has 2 aliphatic carbocycles. The van der Waals surface area contributed by atoms with E-state index < -0.39 is 0 Å². The second kappa shape index (κ2) is 7.32. The van der Waals surface area contributed by atoms with E-state index in [4.69, 9.17) is 0 Å². The summed E-state index contributed by atoms with van der Waals surface area (Å²) < 4.78 is 1.93. The van der Waals surface area contributed by atoms with Gasteiger partial charge in [0.2, 0.25) is 0 Å². The molecule has 0 spiro atoms. The average molecular weight is 325 g/mol. The van der Waals surface area contributed by atoms with Crippen LogP contribution in [0.15, 0.2) is 30.3 Å². The minimum absolute atomic E-state index is 0.593. The zero-order valence-electron chi connectivity index (χ0n) is 14.3. The Labute approximate surface area is 144 Å². The maximum Gasteiger partial charge on any atom is 0.250 e. The van der Waals surface area contributed by atoms with E-state index in [2.05, 4.69) is 32.6 Å². The fourth-order valence-electron chi connectivity index (χ4n) is 4.42. The third-order valence-electron chi connectivity index (χ3n) is 5.62. The summed E-state index contributed by atoms with van der Waals surface area (Å²) in [6.45, 7) is 0. The smallest absolute Gasteiger partial charge is 0.250 e. The zero-order valence-corrected chi connectivity index (χ0v) is 14.3. The number of para-hydroxylation sites is 1. The Morgan fingerprint density at radius 2 is 1.38 bits per heavy atom. The van der Waals surface area contributed by atoms with Crippen LogP contribution in [0.1, 0.15) is 64.2 Å². The van der Waals surface area contributed by atoms with Gasteiger partial charge in [-0.15, -0.1) is 0 Å². The lowest BCUT2D eigenvalue weighted by Crippen LogP contribution is -2.46. The maximum atomic E-state index is 4.47. The van der Waals surface area contributed by atoms with Crippen molar-refractivity contribution in [1.82, 2.24) is 20.2 Å². The lowest BCUT2D eigenvalue weighted by atomic mass is 9.89. The van der Waals surface area contributed by atoms with Crippen LogP contribution in [0.25, 0.3) is 5.69 Å². The van der Waals surface area contributed by atoms with Gasteiger partial charge in [0.15, 0.2) is 0 Å². The summed E-state index contributed by atoms with van der Waals surface area (Å²) in [4.78, 5) is 2.59. The van der Waals surface area contributed by atoms with Crippen molar-refractivity contribution in [1.29, 1.82) is 0 Å². The molecule has 24 heavy (non-hydrogen) atoms. The van der Waals surface area contributed by atoms with Gasteiger partial charge in [0, 0.05) is 12.1 Å². The van der Waals surface area contributed by atoms with Gasteiger partial charge in [-0.1, -0.05) is 61.8 Å². The zero-order chi connectivity index (χ0) is 16.2. The summed E-state index contributed by atoms with van der Waals surface area (Å²) in [6, 6.07) is 11.5. The van der Waals surface area contributed by atoms with Crippen LogP contribution < -0.4 is 4.90 Å². The van der Waals surface area contributed by atoms with E-state index in [0.717, 1.165) is 11.6 Å². The van der Waals surface area contributed by atoms with E-state index >= 15 is 0 Å². The number of benzene rings is 1. The van der Waals surface area contributed by atoms with Crippen LogP contribution in [0.3, 0.4) is 0 Å². The molecule has 0 radical (unpaired) electrons. The van der Waals surface area contributed by atoms with Crippen molar-refractivity contribution in [2.45, 2.75) is 76.3 Å². The van der Waals surface area contributed by atoms with Gasteiger partial charge in [0.25, 0.3) is 5.95 Å². The monoisotopic (exact) mass is 325 g/mol. The van der Waals surface area contributed by atoms with Crippen LogP contribution in [0, 0.1) is 0 Å². The Hall–Kier alpha value is -1.91. The number of tetrazole rings is 1. The lowest BCUT2D eigenvalue weighted by Gasteiger charge is -2.41. The van der Waals surface area contributed by atoms with Crippen molar-refractivity contribution < 1.29 is 0 Å². The molecule has 0 atom stereocenters. The van der Waals surface area contributed by atoms with Crippen LogP contribution in [-0.2, 0) is 0 Å². The molecule has 0 unspecified atom stereocenters. The molecule has 2 aromatic rings. The Bertz CT molecular complexity index is 608. The molecule has 2 saturated carbocycles. The predicted molar refractivity (Wildman–Crippen MR) is 95.4 cm³/mol. The topological polar surface area (TPSA) is 46.8 Å². The van der Waals surface area contributed by atoms with Gasteiger partial charge in [0.1, 0.15) is 0 Å². The molecule has 4 rings (SSSR count). The molecule has 0 saturated heterocycles. The first-order chi connectivity index (χ1) is 11.9. The second-order valence-corrected chi connectivity index (χ2v) is 7.22. The quantitative estimate of drug-likeness (QED) is 0.848. The number of anilines is 1. The van der Waals surface area contributed by atoms with E-state index in [1.165, 1.54) is 64.2 Å². The number of hydrogen-bond donors (Lipinski definition) is 0. The highest BCUT2D eigenvalue weighted by Crippen LogP contribution is 2.33. The van der Waals surface area contributed by atoms with Gasteiger partial charge in [-0.3, -0.25) is 0 Å². The number of rotatable bonds is 4. The summed E-state index contributed by atoms with van der Waals surface area (Å²) in [5.74, 6) is 0.944. The van der Waals surface area contributed by atoms with Gasteiger partial charge in [-0.25, -0.2) is 0 Å². The first kappa shape index (κ1) is 15.6.